The number of carbonyl (C=O) groups excluding carboxylic acids is 1. The molecule has 1 aliphatic heterocycles. The molecule has 1 fully saturated rings. The Labute approximate surface area is 159 Å². The molecule has 2 aromatic carbocycles. The van der Waals surface area contributed by atoms with Gasteiger partial charge in [-0.3, -0.25) is 4.79 Å². The second kappa shape index (κ2) is 8.53. The summed E-state index contributed by atoms with van der Waals surface area (Å²) in [6.07, 6.45) is 1.65. The molecular formula is C22H26FNO3. The number of amides is 1. The molecule has 0 saturated carbocycles. The summed E-state index contributed by atoms with van der Waals surface area (Å²) < 4.78 is 24.8. The molecule has 0 unspecified atom stereocenters. The lowest BCUT2D eigenvalue weighted by molar-refractivity contribution is 0.0487. The van der Waals surface area contributed by atoms with Crippen molar-refractivity contribution in [1.82, 2.24) is 5.32 Å². The van der Waals surface area contributed by atoms with Crippen molar-refractivity contribution in [1.29, 1.82) is 0 Å². The Bertz CT molecular complexity index is 783. The molecule has 1 heterocycles. The number of hydrogen-bond donors (Lipinski definition) is 1. The zero-order valence-electron chi connectivity index (χ0n) is 15.9. The molecule has 1 amide bonds. The highest BCUT2D eigenvalue weighted by molar-refractivity contribution is 5.94. The average molecular weight is 371 g/mol. The van der Waals surface area contributed by atoms with Crippen molar-refractivity contribution in [3.05, 3.63) is 65.0 Å². The third-order valence-corrected chi connectivity index (χ3v) is 5.25. The maximum absolute atomic E-state index is 13.8. The molecule has 144 valence electrons. The quantitative estimate of drug-likeness (QED) is 0.835. The fourth-order valence-corrected chi connectivity index (χ4v) is 3.49. The van der Waals surface area contributed by atoms with Crippen LogP contribution in [-0.4, -0.2) is 32.3 Å². The Morgan fingerprint density at radius 3 is 2.52 bits per heavy atom. The van der Waals surface area contributed by atoms with E-state index in [0.717, 1.165) is 24.2 Å². The summed E-state index contributed by atoms with van der Waals surface area (Å²) >= 11 is 0. The van der Waals surface area contributed by atoms with E-state index in [1.54, 1.807) is 19.1 Å². The number of carbonyl (C=O) groups is 1. The second-order valence-corrected chi connectivity index (χ2v) is 7.00. The molecule has 3 rings (SSSR count). The van der Waals surface area contributed by atoms with Crippen LogP contribution in [0.2, 0.25) is 0 Å². The predicted molar refractivity (Wildman–Crippen MR) is 103 cm³/mol. The normalized spacial score (nSPS) is 16.0. The minimum Gasteiger partial charge on any atom is -0.494 e. The molecule has 4 nitrogen and oxygen atoms in total. The van der Waals surface area contributed by atoms with Gasteiger partial charge in [-0.1, -0.05) is 18.2 Å². The van der Waals surface area contributed by atoms with E-state index in [2.05, 4.69) is 17.4 Å². The molecule has 27 heavy (non-hydrogen) atoms. The highest BCUT2D eigenvalue weighted by Crippen LogP contribution is 2.35. The molecule has 0 bridgehead atoms. The van der Waals surface area contributed by atoms with Gasteiger partial charge in [-0.05, 0) is 62.1 Å². The lowest BCUT2D eigenvalue weighted by Gasteiger charge is -2.38. The first-order chi connectivity index (χ1) is 13.0. The van der Waals surface area contributed by atoms with Crippen molar-refractivity contribution in [2.45, 2.75) is 32.1 Å². The maximum atomic E-state index is 13.8. The minimum absolute atomic E-state index is 0.193. The van der Waals surface area contributed by atoms with Gasteiger partial charge in [0.05, 0.1) is 6.61 Å². The number of aryl methyl sites for hydroxylation is 1. The molecule has 1 aliphatic rings. The van der Waals surface area contributed by atoms with Gasteiger partial charge in [0.2, 0.25) is 0 Å². The second-order valence-electron chi connectivity index (χ2n) is 7.00. The number of rotatable bonds is 6. The first-order valence-corrected chi connectivity index (χ1v) is 9.39. The van der Waals surface area contributed by atoms with Crippen molar-refractivity contribution in [3.8, 4) is 5.75 Å². The molecule has 0 spiro atoms. The fourth-order valence-electron chi connectivity index (χ4n) is 3.49. The Morgan fingerprint density at radius 2 is 1.89 bits per heavy atom. The van der Waals surface area contributed by atoms with Crippen LogP contribution in [0.5, 0.6) is 5.75 Å². The molecule has 1 saturated heterocycles. The SMILES string of the molecule is CCOc1ccc(C2(CNC(=O)c3ccc(C)c(F)c3)CCOCC2)cc1. The third kappa shape index (κ3) is 4.48. The Hall–Kier alpha value is -2.40. The van der Waals surface area contributed by atoms with Gasteiger partial charge in [0, 0.05) is 30.7 Å². The Morgan fingerprint density at radius 1 is 1.19 bits per heavy atom. The number of benzene rings is 2. The van der Waals surface area contributed by atoms with Crippen LogP contribution in [0.15, 0.2) is 42.5 Å². The highest BCUT2D eigenvalue weighted by atomic mass is 19.1. The van der Waals surface area contributed by atoms with E-state index in [1.165, 1.54) is 6.07 Å². The van der Waals surface area contributed by atoms with Crippen LogP contribution in [0.4, 0.5) is 4.39 Å². The molecule has 0 aliphatic carbocycles. The molecule has 1 N–H and O–H groups in total. The number of nitrogens with one attached hydrogen (secondary N) is 1. The number of halogens is 1. The van der Waals surface area contributed by atoms with Gasteiger partial charge in [-0.25, -0.2) is 4.39 Å². The standard InChI is InChI=1S/C22H26FNO3/c1-3-27-19-8-6-18(7-9-19)22(10-12-26-13-11-22)15-24-21(25)17-5-4-16(2)20(23)14-17/h4-9,14H,3,10-13,15H2,1-2H3,(H,24,25). The van der Waals surface area contributed by atoms with E-state index < -0.39 is 0 Å². The van der Waals surface area contributed by atoms with E-state index in [4.69, 9.17) is 9.47 Å². The van der Waals surface area contributed by atoms with E-state index in [1.807, 2.05) is 19.1 Å². The smallest absolute Gasteiger partial charge is 0.251 e. The summed E-state index contributed by atoms with van der Waals surface area (Å²) in [5.41, 5.74) is 1.83. The van der Waals surface area contributed by atoms with Crippen molar-refractivity contribution in [2.75, 3.05) is 26.4 Å². The summed E-state index contributed by atoms with van der Waals surface area (Å²) in [6.45, 7) is 6.06. The molecular weight excluding hydrogens is 345 g/mol. The maximum Gasteiger partial charge on any atom is 0.251 e. The Kier molecular flexibility index (Phi) is 6.11. The summed E-state index contributed by atoms with van der Waals surface area (Å²) in [7, 11) is 0. The van der Waals surface area contributed by atoms with E-state index in [-0.39, 0.29) is 17.1 Å². The van der Waals surface area contributed by atoms with Gasteiger partial charge >= 0.3 is 0 Å². The van der Waals surface area contributed by atoms with Crippen LogP contribution in [0.25, 0.3) is 0 Å². The number of ether oxygens (including phenoxy) is 2. The van der Waals surface area contributed by atoms with Crippen molar-refractivity contribution < 1.29 is 18.7 Å². The highest BCUT2D eigenvalue weighted by Gasteiger charge is 2.35. The van der Waals surface area contributed by atoms with Crippen molar-refractivity contribution >= 4 is 5.91 Å². The van der Waals surface area contributed by atoms with Crippen LogP contribution in [0, 0.1) is 12.7 Å². The van der Waals surface area contributed by atoms with Crippen LogP contribution < -0.4 is 10.1 Å². The van der Waals surface area contributed by atoms with E-state index >= 15 is 0 Å². The first-order valence-electron chi connectivity index (χ1n) is 9.39. The monoisotopic (exact) mass is 371 g/mol. The summed E-state index contributed by atoms with van der Waals surface area (Å²) in [5, 5.41) is 3.00. The lowest BCUT2D eigenvalue weighted by atomic mass is 9.74. The third-order valence-electron chi connectivity index (χ3n) is 5.25. The number of hydrogen-bond acceptors (Lipinski definition) is 3. The fraction of sp³-hybridized carbons (Fsp3) is 0.409. The van der Waals surface area contributed by atoms with Crippen LogP contribution in [0.1, 0.15) is 41.3 Å². The first kappa shape index (κ1) is 19.4. The van der Waals surface area contributed by atoms with E-state index in [0.29, 0.717) is 37.5 Å². The van der Waals surface area contributed by atoms with Gasteiger partial charge in [0.1, 0.15) is 11.6 Å². The molecule has 0 atom stereocenters. The van der Waals surface area contributed by atoms with Crippen LogP contribution in [0.3, 0.4) is 0 Å². The average Bonchev–Trinajstić information content (AvgIpc) is 2.70. The lowest BCUT2D eigenvalue weighted by Crippen LogP contribution is -2.44. The van der Waals surface area contributed by atoms with Gasteiger partial charge in [-0.2, -0.15) is 0 Å². The predicted octanol–water partition coefficient (Wildman–Crippen LogP) is 4.01. The van der Waals surface area contributed by atoms with Crippen molar-refractivity contribution in [3.63, 3.8) is 0 Å². The summed E-state index contributed by atoms with van der Waals surface area (Å²) in [4.78, 5) is 12.5. The Balaban J connectivity index is 1.76. The summed E-state index contributed by atoms with van der Waals surface area (Å²) in [6, 6.07) is 12.6. The van der Waals surface area contributed by atoms with E-state index in [9.17, 15) is 9.18 Å². The molecule has 5 heteroatoms. The largest absolute Gasteiger partial charge is 0.494 e. The molecule has 2 aromatic rings. The van der Waals surface area contributed by atoms with Gasteiger partial charge < -0.3 is 14.8 Å². The van der Waals surface area contributed by atoms with Crippen LogP contribution in [-0.2, 0) is 10.2 Å². The van der Waals surface area contributed by atoms with Gasteiger partial charge in [0.15, 0.2) is 0 Å². The zero-order chi connectivity index (χ0) is 19.3. The molecule has 0 radical (unpaired) electrons. The van der Waals surface area contributed by atoms with Gasteiger partial charge in [-0.15, -0.1) is 0 Å². The van der Waals surface area contributed by atoms with Crippen LogP contribution >= 0.6 is 0 Å². The van der Waals surface area contributed by atoms with Crippen molar-refractivity contribution in [2.24, 2.45) is 0 Å². The topological polar surface area (TPSA) is 47.6 Å². The zero-order valence-corrected chi connectivity index (χ0v) is 15.9. The summed E-state index contributed by atoms with van der Waals surface area (Å²) in [5.74, 6) is 0.211. The molecule has 0 aromatic heterocycles. The van der Waals surface area contributed by atoms with Gasteiger partial charge in [0.25, 0.3) is 5.91 Å². The minimum atomic E-state index is -0.366.